The first kappa shape index (κ1) is 26.4. The number of ether oxygens (including phenoxy) is 3. The molecule has 0 fully saturated rings. The summed E-state index contributed by atoms with van der Waals surface area (Å²) in [7, 11) is 0.770. The molecule has 0 radical (unpaired) electrons. The minimum atomic E-state index is -5.00. The van der Waals surface area contributed by atoms with Crippen LogP contribution in [0, 0.1) is 5.82 Å². The maximum absolute atomic E-state index is 14.7. The van der Waals surface area contributed by atoms with Crippen LogP contribution in [0.15, 0.2) is 46.1 Å². The van der Waals surface area contributed by atoms with Gasteiger partial charge in [0.25, 0.3) is 11.4 Å². The molecule has 0 aliphatic carbocycles. The molecule has 0 saturated heterocycles. The van der Waals surface area contributed by atoms with Crippen LogP contribution in [0.2, 0.25) is 5.02 Å². The Bertz CT molecular complexity index is 1440. The van der Waals surface area contributed by atoms with Crippen LogP contribution in [0.1, 0.15) is 5.69 Å². The van der Waals surface area contributed by atoms with E-state index in [0.717, 1.165) is 13.1 Å². The molecule has 190 valence electrons. The van der Waals surface area contributed by atoms with Gasteiger partial charge in [-0.1, -0.05) is 11.6 Å². The molecule has 0 atom stereocenters. The topological polar surface area (TPSA) is 119 Å². The van der Waals surface area contributed by atoms with E-state index in [1.54, 1.807) is 0 Å². The van der Waals surface area contributed by atoms with E-state index in [1.807, 2.05) is 0 Å². The Balaban J connectivity index is 2.01. The molecule has 0 aliphatic rings. The van der Waals surface area contributed by atoms with Crippen molar-refractivity contribution in [1.29, 1.82) is 0 Å². The van der Waals surface area contributed by atoms with Gasteiger partial charge in [-0.05, 0) is 18.2 Å². The molecule has 3 rings (SSSR count). The van der Waals surface area contributed by atoms with Crippen LogP contribution >= 0.6 is 11.6 Å². The number of hydrogen-bond acceptors (Lipinski definition) is 8. The van der Waals surface area contributed by atoms with Gasteiger partial charge in [-0.15, -0.1) is 0 Å². The largest absolute Gasteiger partial charge is 0.463 e. The number of aromatic nitrogens is 3. The molecule has 0 unspecified atom stereocenters. The Morgan fingerprint density at radius 2 is 1.92 bits per heavy atom. The summed E-state index contributed by atoms with van der Waals surface area (Å²) in [4.78, 5) is 50.6. The van der Waals surface area contributed by atoms with Crippen LogP contribution in [0.25, 0.3) is 5.69 Å². The fraction of sp³-hybridized carbons (Fsp3) is 0.190. The highest BCUT2D eigenvalue weighted by Gasteiger charge is 2.35. The number of esters is 1. The Morgan fingerprint density at radius 1 is 1.19 bits per heavy atom. The van der Waals surface area contributed by atoms with Gasteiger partial charge in [0, 0.05) is 25.4 Å². The van der Waals surface area contributed by atoms with Gasteiger partial charge in [-0.2, -0.15) is 13.2 Å². The van der Waals surface area contributed by atoms with Gasteiger partial charge in [0.05, 0.1) is 10.7 Å². The Hall–Kier alpha value is -4.20. The van der Waals surface area contributed by atoms with E-state index in [0.29, 0.717) is 12.4 Å². The lowest BCUT2D eigenvalue weighted by atomic mass is 10.2. The first-order chi connectivity index (χ1) is 16.9. The van der Waals surface area contributed by atoms with Crippen molar-refractivity contribution in [2.24, 2.45) is 7.05 Å². The predicted octanol–water partition coefficient (Wildman–Crippen LogP) is 2.66. The van der Waals surface area contributed by atoms with Crippen molar-refractivity contribution in [3.63, 3.8) is 0 Å². The minimum Gasteiger partial charge on any atom is -0.463 e. The highest BCUT2D eigenvalue weighted by molar-refractivity contribution is 6.32. The van der Waals surface area contributed by atoms with Crippen molar-refractivity contribution in [3.8, 4) is 23.1 Å². The molecule has 0 spiro atoms. The molecule has 3 aromatic rings. The minimum absolute atomic E-state index is 0.146. The van der Waals surface area contributed by atoms with Gasteiger partial charge in [-0.25, -0.2) is 23.5 Å². The van der Waals surface area contributed by atoms with Crippen LogP contribution in [-0.2, 0) is 27.5 Å². The normalized spacial score (nSPS) is 11.2. The van der Waals surface area contributed by atoms with E-state index in [9.17, 15) is 36.7 Å². The number of hydrogen-bond donors (Lipinski definition) is 0. The van der Waals surface area contributed by atoms with Crippen LogP contribution in [-0.4, -0.2) is 39.6 Å². The van der Waals surface area contributed by atoms with Gasteiger partial charge in [0.15, 0.2) is 18.6 Å². The number of carbonyl (C=O) groups excluding carboxylic acids is 2. The summed E-state index contributed by atoms with van der Waals surface area (Å²) >= 11 is 6.02. The smallest absolute Gasteiger partial charge is 0.431 e. The maximum atomic E-state index is 14.7. The Morgan fingerprint density at radius 3 is 2.58 bits per heavy atom. The molecular weight excluding hydrogens is 518 g/mol. The summed E-state index contributed by atoms with van der Waals surface area (Å²) in [6.07, 6.45) is -3.37. The molecule has 0 N–H and O–H groups in total. The summed E-state index contributed by atoms with van der Waals surface area (Å²) in [5, 5.41) is -0.340. The number of halogens is 5. The second-order valence-electron chi connectivity index (χ2n) is 6.82. The van der Waals surface area contributed by atoms with Gasteiger partial charge in [-0.3, -0.25) is 14.2 Å². The second kappa shape index (κ2) is 10.6. The average molecular weight is 532 g/mol. The Kier molecular flexibility index (Phi) is 7.77. The summed E-state index contributed by atoms with van der Waals surface area (Å²) in [5.41, 5.74) is -5.18. The highest BCUT2D eigenvalue weighted by atomic mass is 35.5. The Labute approximate surface area is 203 Å². The predicted molar refractivity (Wildman–Crippen MR) is 114 cm³/mol. The number of rotatable bonds is 8. The summed E-state index contributed by atoms with van der Waals surface area (Å²) in [6, 6.07) is 4.38. The fourth-order valence-electron chi connectivity index (χ4n) is 2.86. The molecule has 10 nitrogen and oxygen atoms in total. The third-order valence-corrected chi connectivity index (χ3v) is 4.74. The van der Waals surface area contributed by atoms with Gasteiger partial charge < -0.3 is 14.2 Å². The van der Waals surface area contributed by atoms with Crippen molar-refractivity contribution in [1.82, 2.24) is 14.1 Å². The van der Waals surface area contributed by atoms with Gasteiger partial charge in [0.2, 0.25) is 0 Å². The summed E-state index contributed by atoms with van der Waals surface area (Å²) in [6.45, 7) is -1.13. The number of alkyl halides is 3. The lowest BCUT2D eigenvalue weighted by Crippen LogP contribution is -2.41. The van der Waals surface area contributed by atoms with E-state index in [4.69, 9.17) is 21.1 Å². The van der Waals surface area contributed by atoms with Crippen molar-refractivity contribution in [2.45, 2.75) is 6.18 Å². The second-order valence-corrected chi connectivity index (χ2v) is 7.23. The van der Waals surface area contributed by atoms with Crippen LogP contribution in [0.5, 0.6) is 17.4 Å². The van der Waals surface area contributed by atoms with E-state index >= 15 is 0 Å². The zero-order valence-corrected chi connectivity index (χ0v) is 18.8. The third kappa shape index (κ3) is 5.71. The molecule has 0 aliphatic heterocycles. The number of carbonyl (C=O) groups is 2. The van der Waals surface area contributed by atoms with Crippen LogP contribution in [0.4, 0.5) is 17.6 Å². The van der Waals surface area contributed by atoms with Crippen LogP contribution < -0.4 is 20.7 Å². The first-order valence-corrected chi connectivity index (χ1v) is 10.1. The lowest BCUT2D eigenvalue weighted by molar-refractivity contribution is -0.147. The van der Waals surface area contributed by atoms with E-state index in [1.165, 1.54) is 18.3 Å². The number of benzene rings is 1. The molecular formula is C21H14ClF4N3O7. The quantitative estimate of drug-likeness (QED) is 0.247. The molecule has 2 aromatic heterocycles. The standard InChI is InChI=1S/C21H14ClF4N3O7/c1-28-16(21(24,25)26)9-17(31)29(20(28)33)13-8-15(11(22)7-12(13)23)36-14-3-2-4-27-19(14)35-10-18(32)34-6-5-30/h2-5,7-9H,6,10H2,1H3. The van der Waals surface area contributed by atoms with Crippen molar-refractivity contribution in [2.75, 3.05) is 13.2 Å². The number of aldehydes is 1. The lowest BCUT2D eigenvalue weighted by Gasteiger charge is -2.16. The maximum Gasteiger partial charge on any atom is 0.431 e. The van der Waals surface area contributed by atoms with E-state index in [2.05, 4.69) is 9.72 Å². The zero-order chi connectivity index (χ0) is 26.6. The highest BCUT2D eigenvalue weighted by Crippen LogP contribution is 2.36. The van der Waals surface area contributed by atoms with Crippen molar-refractivity contribution in [3.05, 3.63) is 73.9 Å². The van der Waals surface area contributed by atoms with E-state index in [-0.39, 0.29) is 37.6 Å². The van der Waals surface area contributed by atoms with Gasteiger partial charge in [0.1, 0.15) is 23.9 Å². The third-order valence-electron chi connectivity index (χ3n) is 4.45. The summed E-state index contributed by atoms with van der Waals surface area (Å²) < 4.78 is 69.6. The average Bonchev–Trinajstić information content (AvgIpc) is 2.81. The van der Waals surface area contributed by atoms with E-state index < -0.39 is 53.8 Å². The summed E-state index contributed by atoms with van der Waals surface area (Å²) in [5.74, 6) is -2.81. The molecule has 0 amide bonds. The van der Waals surface area contributed by atoms with Crippen LogP contribution in [0.3, 0.4) is 0 Å². The molecule has 1 aromatic carbocycles. The number of nitrogens with zero attached hydrogens (tertiary/aromatic N) is 3. The SMILES string of the molecule is Cn1c(C(F)(F)F)cc(=O)n(-c2cc(Oc3cccnc3OCC(=O)OCC=O)c(Cl)cc2F)c1=O. The fourth-order valence-corrected chi connectivity index (χ4v) is 3.05. The zero-order valence-electron chi connectivity index (χ0n) is 18.0. The van der Waals surface area contributed by atoms with Crippen molar-refractivity contribution >= 4 is 23.9 Å². The van der Waals surface area contributed by atoms with Crippen molar-refractivity contribution < 1.29 is 41.4 Å². The first-order valence-electron chi connectivity index (χ1n) is 9.68. The number of pyridine rings is 1. The molecule has 15 heteroatoms. The van der Waals surface area contributed by atoms with Gasteiger partial charge >= 0.3 is 17.8 Å². The molecule has 0 bridgehead atoms. The molecule has 36 heavy (non-hydrogen) atoms. The molecule has 0 saturated carbocycles. The molecule has 2 heterocycles. The monoisotopic (exact) mass is 531 g/mol.